The van der Waals surface area contributed by atoms with Gasteiger partial charge in [0.25, 0.3) is 0 Å². The van der Waals surface area contributed by atoms with E-state index >= 15 is 0 Å². The van der Waals surface area contributed by atoms with Crippen molar-refractivity contribution in [3.63, 3.8) is 0 Å². The van der Waals surface area contributed by atoms with Crippen LogP contribution in [-0.2, 0) is 0 Å². The van der Waals surface area contributed by atoms with Crippen molar-refractivity contribution in [2.45, 2.75) is 0 Å². The number of rotatable bonds is 9. The molecule has 0 aliphatic carbocycles. The summed E-state index contributed by atoms with van der Waals surface area (Å²) in [6, 6.07) is 76.8. The van der Waals surface area contributed by atoms with Crippen molar-refractivity contribution in [3.8, 4) is 101 Å². The van der Waals surface area contributed by atoms with E-state index in [2.05, 4.69) is 164 Å². The predicted molar refractivity (Wildman–Crippen MR) is 249 cm³/mol. The minimum absolute atomic E-state index is 0.951. The van der Waals surface area contributed by atoms with Crippen LogP contribution in [0.4, 0.5) is 0 Å². The Morgan fingerprint density at radius 2 is 0.417 bits per heavy atom. The first-order valence-corrected chi connectivity index (χ1v) is 20.2. The molecule has 0 N–H and O–H groups in total. The molecule has 0 aliphatic rings. The van der Waals surface area contributed by atoms with Crippen molar-refractivity contribution in [2.24, 2.45) is 0 Å². The highest BCUT2D eigenvalue weighted by molar-refractivity contribution is 5.94. The summed E-state index contributed by atoms with van der Waals surface area (Å²) in [5.74, 6) is 0. The molecule has 0 radical (unpaired) electrons. The number of benzene rings is 7. The standard InChI is InChI=1S/C57H39N3/c1-4-16-40(17-5-1)55-31-28-43(37-58-55)49-22-10-13-25-52(49)46-34-47(53-26-14-11-23-50(53)44-29-32-56(59-38-44)41-18-6-2-7-19-41)36-48(35-46)54-27-15-12-24-51(54)45-30-33-57(60-39-45)42-20-8-3-9-21-42/h1-39H. The zero-order valence-corrected chi connectivity index (χ0v) is 32.9. The summed E-state index contributed by atoms with van der Waals surface area (Å²) in [5.41, 5.74) is 19.4. The normalized spacial score (nSPS) is 11.0. The minimum atomic E-state index is 0.951. The first-order valence-electron chi connectivity index (χ1n) is 20.2. The molecule has 0 saturated heterocycles. The smallest absolute Gasteiger partial charge is 0.0702 e. The quantitative estimate of drug-likeness (QED) is 0.147. The molecule has 0 bridgehead atoms. The molecule has 10 aromatic rings. The molecule has 0 aliphatic heterocycles. The molecular weight excluding hydrogens is 727 g/mol. The van der Waals surface area contributed by atoms with E-state index in [0.717, 1.165) is 101 Å². The van der Waals surface area contributed by atoms with Crippen molar-refractivity contribution in [3.05, 3.63) is 237 Å². The molecule has 3 aromatic heterocycles. The van der Waals surface area contributed by atoms with Crippen LogP contribution in [0.2, 0.25) is 0 Å². The maximum absolute atomic E-state index is 4.92. The second-order valence-corrected chi connectivity index (χ2v) is 14.8. The summed E-state index contributed by atoms with van der Waals surface area (Å²) in [6.45, 7) is 0. The lowest BCUT2D eigenvalue weighted by atomic mass is 9.86. The molecule has 7 aromatic carbocycles. The zero-order chi connectivity index (χ0) is 40.1. The molecule has 0 fully saturated rings. The lowest BCUT2D eigenvalue weighted by Gasteiger charge is -2.18. The fourth-order valence-corrected chi connectivity index (χ4v) is 8.05. The SMILES string of the molecule is c1ccc(-c2ccc(-c3ccccc3-c3cc(-c4ccccc4-c4ccc(-c5ccccc5)nc4)cc(-c4ccccc4-c4ccc(-c5ccccc5)nc4)c3)cn2)cc1. The van der Waals surface area contributed by atoms with Crippen molar-refractivity contribution in [2.75, 3.05) is 0 Å². The molecule has 60 heavy (non-hydrogen) atoms. The third-order valence-corrected chi connectivity index (χ3v) is 11.1. The molecule has 0 unspecified atom stereocenters. The van der Waals surface area contributed by atoms with Crippen LogP contribution in [0.15, 0.2) is 237 Å². The molecule has 0 saturated carbocycles. The molecule has 0 spiro atoms. The van der Waals surface area contributed by atoms with Crippen molar-refractivity contribution >= 4 is 0 Å². The fraction of sp³-hybridized carbons (Fsp3) is 0. The Hall–Kier alpha value is -8.01. The van der Waals surface area contributed by atoms with Crippen LogP contribution in [0.25, 0.3) is 101 Å². The van der Waals surface area contributed by atoms with Gasteiger partial charge in [-0.05, 0) is 86.5 Å². The molecule has 3 nitrogen and oxygen atoms in total. The van der Waals surface area contributed by atoms with Gasteiger partial charge in [-0.2, -0.15) is 0 Å². The summed E-state index contributed by atoms with van der Waals surface area (Å²) in [7, 11) is 0. The van der Waals surface area contributed by atoms with E-state index in [4.69, 9.17) is 15.0 Å². The van der Waals surface area contributed by atoms with E-state index in [0.29, 0.717) is 0 Å². The lowest BCUT2D eigenvalue weighted by molar-refractivity contribution is 1.32. The van der Waals surface area contributed by atoms with Crippen LogP contribution in [0.5, 0.6) is 0 Å². The highest BCUT2D eigenvalue weighted by Crippen LogP contribution is 2.42. The van der Waals surface area contributed by atoms with Gasteiger partial charge in [-0.25, -0.2) is 0 Å². The Labute approximate surface area is 351 Å². The molecular formula is C57H39N3. The van der Waals surface area contributed by atoms with Gasteiger partial charge in [0, 0.05) is 52.0 Å². The third-order valence-electron chi connectivity index (χ3n) is 11.1. The van der Waals surface area contributed by atoms with E-state index in [9.17, 15) is 0 Å². The van der Waals surface area contributed by atoms with Crippen LogP contribution >= 0.6 is 0 Å². The number of hydrogen-bond donors (Lipinski definition) is 0. The summed E-state index contributed by atoms with van der Waals surface area (Å²) < 4.78 is 0. The number of pyridine rings is 3. The average molecular weight is 766 g/mol. The van der Waals surface area contributed by atoms with Crippen molar-refractivity contribution in [1.82, 2.24) is 15.0 Å². The van der Waals surface area contributed by atoms with Crippen LogP contribution in [0.3, 0.4) is 0 Å². The van der Waals surface area contributed by atoms with E-state index in [1.165, 1.54) is 0 Å². The van der Waals surface area contributed by atoms with Gasteiger partial charge in [0.05, 0.1) is 17.1 Å². The second-order valence-electron chi connectivity index (χ2n) is 14.8. The van der Waals surface area contributed by atoms with Gasteiger partial charge in [-0.1, -0.05) is 182 Å². The van der Waals surface area contributed by atoms with Crippen LogP contribution in [0.1, 0.15) is 0 Å². The Balaban J connectivity index is 1.12. The minimum Gasteiger partial charge on any atom is -0.256 e. The fourth-order valence-electron chi connectivity index (χ4n) is 8.05. The van der Waals surface area contributed by atoms with Gasteiger partial charge < -0.3 is 0 Å². The predicted octanol–water partition coefficient (Wildman–Crippen LogP) is 14.9. The Morgan fingerprint density at radius 3 is 0.650 bits per heavy atom. The van der Waals surface area contributed by atoms with E-state index in [-0.39, 0.29) is 0 Å². The third kappa shape index (κ3) is 7.44. The second kappa shape index (κ2) is 16.5. The first kappa shape index (κ1) is 36.3. The number of aromatic nitrogens is 3. The molecule has 3 heteroatoms. The molecule has 3 heterocycles. The Bertz CT molecular complexity index is 2690. The van der Waals surface area contributed by atoms with Gasteiger partial charge in [-0.3, -0.25) is 15.0 Å². The Morgan fingerprint density at radius 1 is 0.183 bits per heavy atom. The van der Waals surface area contributed by atoms with Gasteiger partial charge >= 0.3 is 0 Å². The maximum atomic E-state index is 4.92. The summed E-state index contributed by atoms with van der Waals surface area (Å²) >= 11 is 0. The van der Waals surface area contributed by atoms with Crippen LogP contribution in [0, 0.1) is 0 Å². The monoisotopic (exact) mass is 765 g/mol. The van der Waals surface area contributed by atoms with Gasteiger partial charge in [0.1, 0.15) is 0 Å². The maximum Gasteiger partial charge on any atom is 0.0702 e. The topological polar surface area (TPSA) is 38.7 Å². The van der Waals surface area contributed by atoms with Gasteiger partial charge in [-0.15, -0.1) is 0 Å². The summed E-state index contributed by atoms with van der Waals surface area (Å²) in [6.07, 6.45) is 5.98. The lowest BCUT2D eigenvalue weighted by Crippen LogP contribution is -1.93. The summed E-state index contributed by atoms with van der Waals surface area (Å²) in [5, 5.41) is 0. The van der Waals surface area contributed by atoms with E-state index < -0.39 is 0 Å². The van der Waals surface area contributed by atoms with Gasteiger partial charge in [0.2, 0.25) is 0 Å². The molecule has 0 atom stereocenters. The zero-order valence-electron chi connectivity index (χ0n) is 32.9. The first-order chi connectivity index (χ1) is 29.7. The molecule has 282 valence electrons. The average Bonchev–Trinajstić information content (AvgIpc) is 3.35. The van der Waals surface area contributed by atoms with Crippen LogP contribution in [-0.4, -0.2) is 15.0 Å². The number of hydrogen-bond acceptors (Lipinski definition) is 3. The van der Waals surface area contributed by atoms with Crippen LogP contribution < -0.4 is 0 Å². The van der Waals surface area contributed by atoms with Gasteiger partial charge in [0.15, 0.2) is 0 Å². The van der Waals surface area contributed by atoms with Crippen molar-refractivity contribution < 1.29 is 0 Å². The highest BCUT2D eigenvalue weighted by Gasteiger charge is 2.17. The molecule has 0 amide bonds. The van der Waals surface area contributed by atoms with E-state index in [1.54, 1.807) is 0 Å². The van der Waals surface area contributed by atoms with Crippen molar-refractivity contribution in [1.29, 1.82) is 0 Å². The Kier molecular flexibility index (Phi) is 9.97. The summed E-state index contributed by atoms with van der Waals surface area (Å²) in [4.78, 5) is 14.8. The molecule has 10 rings (SSSR count). The number of nitrogens with zero attached hydrogens (tertiary/aromatic N) is 3. The highest BCUT2D eigenvalue weighted by atomic mass is 14.7. The van der Waals surface area contributed by atoms with E-state index in [1.807, 2.05) is 73.2 Å². The largest absolute Gasteiger partial charge is 0.256 e.